The molecule has 0 aromatic heterocycles. The number of para-hydroxylation sites is 1. The van der Waals surface area contributed by atoms with Gasteiger partial charge in [-0.2, -0.15) is 0 Å². The summed E-state index contributed by atoms with van der Waals surface area (Å²) in [7, 11) is 0. The van der Waals surface area contributed by atoms with E-state index in [0.717, 1.165) is 17.7 Å². The first-order valence-electron chi connectivity index (χ1n) is 7.29. The minimum Gasteiger partial charge on any atom is -0.461 e. The molecule has 1 aromatic carbocycles. The van der Waals surface area contributed by atoms with E-state index in [1.54, 1.807) is 0 Å². The summed E-state index contributed by atoms with van der Waals surface area (Å²) in [6.07, 6.45) is 0.873. The Bertz CT molecular complexity index is 632. The van der Waals surface area contributed by atoms with Crippen molar-refractivity contribution in [3.8, 4) is 0 Å². The van der Waals surface area contributed by atoms with Crippen LogP contribution in [0.25, 0.3) is 0 Å². The average molecular weight is 350 g/mol. The van der Waals surface area contributed by atoms with Crippen LogP contribution in [0.15, 0.2) is 24.3 Å². The van der Waals surface area contributed by atoms with Crippen LogP contribution in [0, 0.1) is 30.6 Å². The highest BCUT2D eigenvalue weighted by Gasteiger charge is 2.67. The SMILES string of the molecule is Cc1ccccc1NC(=O)[C@@H]1[C@H]2C[C@H]3[C@H](OC(=O)[C@@H]31)[C@H]2Br. The zero-order valence-electron chi connectivity index (χ0n) is 11.6. The first kappa shape index (κ1) is 13.3. The van der Waals surface area contributed by atoms with Gasteiger partial charge in [0.05, 0.1) is 16.7 Å². The van der Waals surface area contributed by atoms with Gasteiger partial charge in [-0.15, -0.1) is 0 Å². The van der Waals surface area contributed by atoms with Crippen LogP contribution in [0.4, 0.5) is 5.69 Å². The Morgan fingerprint density at radius 2 is 2.10 bits per heavy atom. The van der Waals surface area contributed by atoms with Crippen LogP contribution >= 0.6 is 15.9 Å². The number of carbonyl (C=O) groups excluding carboxylic acids is 2. The van der Waals surface area contributed by atoms with Crippen LogP contribution in [-0.4, -0.2) is 22.8 Å². The third-order valence-corrected chi connectivity index (χ3v) is 6.43. The number of halogens is 1. The number of amides is 1. The summed E-state index contributed by atoms with van der Waals surface area (Å²) in [5.41, 5.74) is 1.84. The van der Waals surface area contributed by atoms with E-state index >= 15 is 0 Å². The minimum atomic E-state index is -0.273. The molecule has 3 fully saturated rings. The summed E-state index contributed by atoms with van der Waals surface area (Å²) in [6.45, 7) is 1.96. The van der Waals surface area contributed by atoms with Gasteiger partial charge in [-0.25, -0.2) is 0 Å². The number of hydrogen-bond acceptors (Lipinski definition) is 3. The highest BCUT2D eigenvalue weighted by molar-refractivity contribution is 9.09. The van der Waals surface area contributed by atoms with E-state index in [1.807, 2.05) is 31.2 Å². The Balaban J connectivity index is 1.61. The van der Waals surface area contributed by atoms with E-state index in [1.165, 1.54) is 0 Å². The number of esters is 1. The molecule has 0 spiro atoms. The number of ether oxygens (including phenoxy) is 1. The number of hydrogen-bond donors (Lipinski definition) is 1. The number of fused-ring (bicyclic) bond motifs is 1. The summed E-state index contributed by atoms with van der Waals surface area (Å²) >= 11 is 3.63. The number of alkyl halides is 1. The van der Waals surface area contributed by atoms with Gasteiger partial charge in [0.25, 0.3) is 0 Å². The maximum Gasteiger partial charge on any atom is 0.310 e. The Hall–Kier alpha value is -1.36. The van der Waals surface area contributed by atoms with Gasteiger partial charge < -0.3 is 10.1 Å². The van der Waals surface area contributed by atoms with Gasteiger partial charge in [0.15, 0.2) is 0 Å². The summed E-state index contributed by atoms with van der Waals surface area (Å²) in [5, 5.41) is 2.99. The lowest BCUT2D eigenvalue weighted by Crippen LogP contribution is -2.40. The van der Waals surface area contributed by atoms with Gasteiger partial charge in [0, 0.05) is 11.6 Å². The number of aryl methyl sites for hydroxylation is 1. The molecular formula is C16H16BrNO3. The van der Waals surface area contributed by atoms with Gasteiger partial charge in [-0.1, -0.05) is 34.1 Å². The van der Waals surface area contributed by atoms with Crippen molar-refractivity contribution in [2.75, 3.05) is 5.32 Å². The molecule has 1 heterocycles. The quantitative estimate of drug-likeness (QED) is 0.659. The number of anilines is 1. The lowest BCUT2D eigenvalue weighted by atomic mass is 9.79. The summed E-state index contributed by atoms with van der Waals surface area (Å²) in [4.78, 5) is 24.9. The second kappa shape index (κ2) is 4.57. The molecule has 1 N–H and O–H groups in total. The molecule has 4 nitrogen and oxygen atoms in total. The third kappa shape index (κ3) is 1.79. The summed E-state index contributed by atoms with van der Waals surface area (Å²) < 4.78 is 5.44. The summed E-state index contributed by atoms with van der Waals surface area (Å²) in [6, 6.07) is 7.69. The standard InChI is InChI=1S/C16H16BrNO3/c1-7-4-2-3-5-10(7)18-15(19)11-8-6-9-12(11)16(20)21-14(9)13(8)17/h2-5,8-9,11-14H,6H2,1H3,(H,18,19)/t8-,9-,11-,12+,13+,14+/m1/s1. The molecule has 6 atom stereocenters. The zero-order valence-corrected chi connectivity index (χ0v) is 13.2. The monoisotopic (exact) mass is 349 g/mol. The molecule has 21 heavy (non-hydrogen) atoms. The molecule has 110 valence electrons. The van der Waals surface area contributed by atoms with Crippen molar-refractivity contribution < 1.29 is 14.3 Å². The van der Waals surface area contributed by atoms with E-state index in [0.29, 0.717) is 0 Å². The molecule has 2 saturated carbocycles. The molecule has 1 aromatic rings. The zero-order chi connectivity index (χ0) is 14.7. The lowest BCUT2D eigenvalue weighted by molar-refractivity contribution is -0.145. The molecule has 5 heteroatoms. The largest absolute Gasteiger partial charge is 0.461 e. The first-order chi connectivity index (χ1) is 10.1. The van der Waals surface area contributed by atoms with Gasteiger partial charge in [-0.05, 0) is 30.9 Å². The molecule has 1 amide bonds. The van der Waals surface area contributed by atoms with Crippen molar-refractivity contribution in [1.29, 1.82) is 0 Å². The number of rotatable bonds is 2. The predicted octanol–water partition coefficient (Wildman–Crippen LogP) is 2.50. The van der Waals surface area contributed by atoms with Crippen molar-refractivity contribution in [1.82, 2.24) is 0 Å². The van der Waals surface area contributed by atoms with Crippen LogP contribution in [0.2, 0.25) is 0 Å². The van der Waals surface area contributed by atoms with E-state index in [4.69, 9.17) is 4.74 Å². The van der Waals surface area contributed by atoms with Crippen LogP contribution in [-0.2, 0) is 14.3 Å². The second-order valence-corrected chi connectivity index (χ2v) is 7.32. The highest BCUT2D eigenvalue weighted by Crippen LogP contribution is 2.60. The maximum atomic E-state index is 12.7. The van der Waals surface area contributed by atoms with Crippen molar-refractivity contribution in [2.24, 2.45) is 23.7 Å². The Kier molecular flexibility index (Phi) is 2.89. The number of benzene rings is 1. The first-order valence-corrected chi connectivity index (χ1v) is 8.20. The molecule has 0 radical (unpaired) electrons. The van der Waals surface area contributed by atoms with Gasteiger partial charge in [-0.3, -0.25) is 9.59 Å². The van der Waals surface area contributed by atoms with E-state index in [9.17, 15) is 9.59 Å². The van der Waals surface area contributed by atoms with E-state index in [2.05, 4.69) is 21.2 Å². The Morgan fingerprint density at radius 3 is 2.86 bits per heavy atom. The molecule has 2 bridgehead atoms. The van der Waals surface area contributed by atoms with Crippen molar-refractivity contribution in [3.63, 3.8) is 0 Å². The molecule has 0 unspecified atom stereocenters. The van der Waals surface area contributed by atoms with Crippen LogP contribution in [0.1, 0.15) is 12.0 Å². The fourth-order valence-electron chi connectivity index (χ4n) is 4.26. The molecule has 3 aliphatic rings. The normalized spacial score (nSPS) is 39.4. The van der Waals surface area contributed by atoms with Gasteiger partial charge in [0.1, 0.15) is 6.10 Å². The fourth-order valence-corrected chi connectivity index (χ4v) is 5.30. The fraction of sp³-hybridized carbons (Fsp3) is 0.500. The van der Waals surface area contributed by atoms with Crippen LogP contribution in [0.5, 0.6) is 0 Å². The number of nitrogens with one attached hydrogen (secondary N) is 1. The second-order valence-electron chi connectivity index (χ2n) is 6.27. The highest BCUT2D eigenvalue weighted by atomic mass is 79.9. The van der Waals surface area contributed by atoms with E-state index in [-0.39, 0.29) is 46.5 Å². The Morgan fingerprint density at radius 1 is 1.33 bits per heavy atom. The van der Waals surface area contributed by atoms with Crippen molar-refractivity contribution in [2.45, 2.75) is 24.3 Å². The molecule has 4 rings (SSSR count). The van der Waals surface area contributed by atoms with Gasteiger partial charge >= 0.3 is 5.97 Å². The van der Waals surface area contributed by atoms with Crippen LogP contribution in [0.3, 0.4) is 0 Å². The molecular weight excluding hydrogens is 334 g/mol. The Labute approximate surface area is 131 Å². The average Bonchev–Trinajstić information content (AvgIpc) is 3.05. The maximum absolute atomic E-state index is 12.7. The smallest absolute Gasteiger partial charge is 0.310 e. The van der Waals surface area contributed by atoms with Crippen molar-refractivity contribution in [3.05, 3.63) is 29.8 Å². The van der Waals surface area contributed by atoms with Crippen LogP contribution < -0.4 is 5.32 Å². The lowest BCUT2D eigenvalue weighted by Gasteiger charge is -2.27. The molecule has 2 aliphatic carbocycles. The molecule has 1 aliphatic heterocycles. The minimum absolute atomic E-state index is 0.0324. The van der Waals surface area contributed by atoms with Crippen molar-refractivity contribution >= 4 is 33.5 Å². The topological polar surface area (TPSA) is 55.4 Å². The van der Waals surface area contributed by atoms with E-state index < -0.39 is 0 Å². The van der Waals surface area contributed by atoms with Gasteiger partial charge in [0.2, 0.25) is 5.91 Å². The summed E-state index contributed by atoms with van der Waals surface area (Å²) in [5.74, 6) is -0.369. The predicted molar refractivity (Wildman–Crippen MR) is 81.0 cm³/mol. The third-order valence-electron chi connectivity index (χ3n) is 5.23. The number of carbonyl (C=O) groups is 2. The molecule has 1 saturated heterocycles.